The summed E-state index contributed by atoms with van der Waals surface area (Å²) in [5, 5.41) is 5.47. The van der Waals surface area contributed by atoms with E-state index in [1.54, 1.807) is 41.4 Å². The molecule has 2 aromatic carbocycles. The van der Waals surface area contributed by atoms with Gasteiger partial charge in [-0.3, -0.25) is 9.59 Å². The third-order valence-corrected chi connectivity index (χ3v) is 7.00. The summed E-state index contributed by atoms with van der Waals surface area (Å²) in [7, 11) is 0. The molecule has 0 saturated carbocycles. The fraction of sp³-hybridized carbons (Fsp3) is 0.296. The lowest BCUT2D eigenvalue weighted by Gasteiger charge is -2.36. The minimum Gasteiger partial charge on any atom is -0.368 e. The van der Waals surface area contributed by atoms with Gasteiger partial charge in [-0.1, -0.05) is 18.2 Å². The zero-order valence-corrected chi connectivity index (χ0v) is 20.2. The van der Waals surface area contributed by atoms with Crippen molar-refractivity contribution in [1.82, 2.24) is 19.2 Å². The van der Waals surface area contributed by atoms with Crippen LogP contribution in [-0.4, -0.2) is 51.3 Å². The van der Waals surface area contributed by atoms with Crippen LogP contribution in [0.5, 0.6) is 0 Å². The Morgan fingerprint density at radius 2 is 1.64 bits per heavy atom. The van der Waals surface area contributed by atoms with Gasteiger partial charge in [0, 0.05) is 54.2 Å². The number of benzene rings is 2. The van der Waals surface area contributed by atoms with Crippen LogP contribution < -0.4 is 10.5 Å². The Kier molecular flexibility index (Phi) is 6.30. The van der Waals surface area contributed by atoms with Crippen molar-refractivity contribution in [2.24, 2.45) is 0 Å². The van der Waals surface area contributed by atoms with Crippen molar-refractivity contribution in [3.63, 3.8) is 0 Å². The van der Waals surface area contributed by atoms with Crippen LogP contribution in [0.4, 0.5) is 14.5 Å². The number of anilines is 1. The maximum absolute atomic E-state index is 14.2. The van der Waals surface area contributed by atoms with Crippen LogP contribution in [0.15, 0.2) is 59.5 Å². The van der Waals surface area contributed by atoms with Gasteiger partial charge in [-0.05, 0) is 44.2 Å². The third kappa shape index (κ3) is 4.36. The number of aryl methyl sites for hydroxylation is 2. The molecule has 0 unspecified atom stereocenters. The first-order valence-electron chi connectivity index (χ1n) is 11.9. The van der Waals surface area contributed by atoms with E-state index in [9.17, 15) is 18.4 Å². The quantitative estimate of drug-likeness (QED) is 0.429. The van der Waals surface area contributed by atoms with Crippen LogP contribution in [0, 0.1) is 25.5 Å². The van der Waals surface area contributed by atoms with Gasteiger partial charge < -0.3 is 14.4 Å². The van der Waals surface area contributed by atoms with Crippen molar-refractivity contribution < 1.29 is 13.6 Å². The fourth-order valence-corrected chi connectivity index (χ4v) is 4.89. The topological polar surface area (TPSA) is 63.4 Å². The van der Waals surface area contributed by atoms with E-state index in [1.807, 2.05) is 18.4 Å². The minimum absolute atomic E-state index is 0.150. The van der Waals surface area contributed by atoms with E-state index < -0.39 is 0 Å². The van der Waals surface area contributed by atoms with Crippen molar-refractivity contribution in [2.45, 2.75) is 26.9 Å². The Bertz CT molecular complexity index is 1480. The van der Waals surface area contributed by atoms with E-state index in [2.05, 4.69) is 10.00 Å². The number of hydrogen-bond acceptors (Lipinski definition) is 4. The minimum atomic E-state index is -0.335. The van der Waals surface area contributed by atoms with E-state index in [4.69, 9.17) is 0 Å². The highest BCUT2D eigenvalue weighted by atomic mass is 19.1. The smallest absolute Gasteiger partial charge is 0.276 e. The number of piperazine rings is 1. The number of fused-ring (bicyclic) bond motifs is 1. The summed E-state index contributed by atoms with van der Waals surface area (Å²) < 4.78 is 30.6. The summed E-state index contributed by atoms with van der Waals surface area (Å²) >= 11 is 0. The van der Waals surface area contributed by atoms with Gasteiger partial charge in [0.1, 0.15) is 18.2 Å². The summed E-state index contributed by atoms with van der Waals surface area (Å²) in [5.74, 6) is -0.756. The molecule has 1 aliphatic rings. The molecule has 0 radical (unpaired) electrons. The van der Waals surface area contributed by atoms with E-state index >= 15 is 0 Å². The molecular weight excluding hydrogens is 464 g/mol. The lowest BCUT2D eigenvalue weighted by Crippen LogP contribution is -2.50. The molecule has 0 spiro atoms. The van der Waals surface area contributed by atoms with Crippen LogP contribution >= 0.6 is 0 Å². The maximum atomic E-state index is 14.2. The van der Waals surface area contributed by atoms with Gasteiger partial charge in [0.05, 0.1) is 18.1 Å². The molecule has 5 rings (SSSR count). The summed E-state index contributed by atoms with van der Waals surface area (Å²) in [5.41, 5.74) is 2.65. The highest BCUT2D eigenvalue weighted by Gasteiger charge is 2.23. The normalized spacial score (nSPS) is 14.0. The number of halogens is 2. The summed E-state index contributed by atoms with van der Waals surface area (Å²) in [4.78, 5) is 30.1. The lowest BCUT2D eigenvalue weighted by molar-refractivity contribution is -0.132. The monoisotopic (exact) mass is 491 g/mol. The molecule has 4 aromatic rings. The highest BCUT2D eigenvalue weighted by Crippen LogP contribution is 2.24. The van der Waals surface area contributed by atoms with Crippen LogP contribution in [0.25, 0.3) is 10.8 Å². The fourth-order valence-electron chi connectivity index (χ4n) is 4.89. The van der Waals surface area contributed by atoms with Crippen molar-refractivity contribution >= 4 is 22.4 Å². The number of nitrogens with zero attached hydrogens (tertiary/aromatic N) is 5. The number of aromatic nitrogens is 3. The van der Waals surface area contributed by atoms with Crippen molar-refractivity contribution in [3.05, 3.63) is 93.7 Å². The summed E-state index contributed by atoms with van der Waals surface area (Å²) in [6.45, 7) is 6.12. The molecule has 2 aromatic heterocycles. The second-order valence-corrected chi connectivity index (χ2v) is 9.09. The average Bonchev–Trinajstić information content (AvgIpc) is 3.12. The SMILES string of the molecule is Cc1c2cnn(CC(=O)N3CCN(c4ccc(F)cc4)CC3)c(=O)c2c(C)n1Cc1ccccc1F. The third-order valence-electron chi connectivity index (χ3n) is 7.00. The van der Waals surface area contributed by atoms with Crippen LogP contribution in [0.2, 0.25) is 0 Å². The summed E-state index contributed by atoms with van der Waals surface area (Å²) in [6.07, 6.45) is 1.61. The van der Waals surface area contributed by atoms with Crippen molar-refractivity contribution in [3.8, 4) is 0 Å². The molecule has 186 valence electrons. The van der Waals surface area contributed by atoms with Crippen molar-refractivity contribution in [1.29, 1.82) is 0 Å². The molecule has 0 bridgehead atoms. The predicted molar refractivity (Wildman–Crippen MR) is 134 cm³/mol. The highest BCUT2D eigenvalue weighted by molar-refractivity contribution is 5.87. The molecule has 3 heterocycles. The molecular formula is C27H27F2N5O2. The Morgan fingerprint density at radius 3 is 2.33 bits per heavy atom. The molecule has 1 saturated heterocycles. The van der Waals surface area contributed by atoms with Crippen LogP contribution in [0.3, 0.4) is 0 Å². The average molecular weight is 492 g/mol. The Morgan fingerprint density at radius 1 is 0.944 bits per heavy atom. The van der Waals surface area contributed by atoms with E-state index in [1.165, 1.54) is 22.9 Å². The predicted octanol–water partition coefficient (Wildman–Crippen LogP) is 3.49. The first-order valence-corrected chi connectivity index (χ1v) is 11.9. The number of hydrogen-bond donors (Lipinski definition) is 0. The van der Waals surface area contributed by atoms with Gasteiger partial charge in [0.2, 0.25) is 5.91 Å². The van der Waals surface area contributed by atoms with E-state index in [0.29, 0.717) is 54.8 Å². The first-order chi connectivity index (χ1) is 17.3. The number of amides is 1. The second-order valence-electron chi connectivity index (χ2n) is 9.09. The molecule has 1 fully saturated rings. The number of rotatable bonds is 5. The second kappa shape index (κ2) is 9.56. The standard InChI is InChI=1S/C27H27F2N5O2/c1-18-23-15-30-34(27(36)26(23)19(2)33(18)16-20-5-3-4-6-24(20)29)17-25(35)32-13-11-31(12-14-32)22-9-7-21(28)8-10-22/h3-10,15H,11-14,16-17H2,1-2H3. The van der Waals surface area contributed by atoms with Gasteiger partial charge in [0.25, 0.3) is 5.56 Å². The van der Waals surface area contributed by atoms with Gasteiger partial charge in [-0.2, -0.15) is 5.10 Å². The Balaban J connectivity index is 1.33. The zero-order valence-electron chi connectivity index (χ0n) is 20.2. The van der Waals surface area contributed by atoms with Crippen LogP contribution in [0.1, 0.15) is 17.0 Å². The zero-order chi connectivity index (χ0) is 25.4. The molecule has 0 aliphatic carbocycles. The number of carbonyl (C=O) groups is 1. The Hall–Kier alpha value is -4.01. The first kappa shape index (κ1) is 23.7. The molecule has 36 heavy (non-hydrogen) atoms. The van der Waals surface area contributed by atoms with Gasteiger partial charge in [-0.15, -0.1) is 0 Å². The molecule has 9 heteroatoms. The Labute approximate surface area is 207 Å². The van der Waals surface area contributed by atoms with E-state index in [-0.39, 0.29) is 29.6 Å². The van der Waals surface area contributed by atoms with Crippen molar-refractivity contribution in [2.75, 3.05) is 31.1 Å². The molecule has 1 amide bonds. The van der Waals surface area contributed by atoms with Gasteiger partial charge in [0.15, 0.2) is 0 Å². The largest absolute Gasteiger partial charge is 0.368 e. The number of carbonyl (C=O) groups excluding carboxylic acids is 1. The summed E-state index contributed by atoms with van der Waals surface area (Å²) in [6, 6.07) is 12.9. The molecule has 7 nitrogen and oxygen atoms in total. The van der Waals surface area contributed by atoms with E-state index in [0.717, 1.165) is 11.4 Å². The molecule has 0 N–H and O–H groups in total. The van der Waals surface area contributed by atoms with Gasteiger partial charge >= 0.3 is 0 Å². The van der Waals surface area contributed by atoms with Crippen LogP contribution in [-0.2, 0) is 17.9 Å². The maximum Gasteiger partial charge on any atom is 0.276 e. The molecule has 1 aliphatic heterocycles. The molecule has 0 atom stereocenters. The lowest BCUT2D eigenvalue weighted by atomic mass is 10.2. The van der Waals surface area contributed by atoms with Gasteiger partial charge in [-0.25, -0.2) is 13.5 Å².